The highest BCUT2D eigenvalue weighted by Crippen LogP contribution is 2.10. The van der Waals surface area contributed by atoms with Gasteiger partial charge in [-0.15, -0.1) is 0 Å². The van der Waals surface area contributed by atoms with Gasteiger partial charge >= 0.3 is 0 Å². The standard InChI is InChI=1S/C12H20N2/c1-9(2)8-11(4)14-12-7-5-6-10(3)13-12/h5-7,9,11H,8H2,1-4H3,(H,13,14). The van der Waals surface area contributed by atoms with Crippen molar-refractivity contribution >= 4 is 5.82 Å². The molecule has 0 fully saturated rings. The highest BCUT2D eigenvalue weighted by Gasteiger charge is 2.04. The minimum atomic E-state index is 0.490. The van der Waals surface area contributed by atoms with Gasteiger partial charge in [-0.3, -0.25) is 0 Å². The lowest BCUT2D eigenvalue weighted by Crippen LogP contribution is -2.18. The first kappa shape index (κ1) is 11.0. The van der Waals surface area contributed by atoms with Crippen LogP contribution in [0.1, 0.15) is 32.9 Å². The zero-order chi connectivity index (χ0) is 10.6. The van der Waals surface area contributed by atoms with E-state index >= 15 is 0 Å². The quantitative estimate of drug-likeness (QED) is 0.792. The molecule has 0 aliphatic heterocycles. The van der Waals surface area contributed by atoms with E-state index in [0.717, 1.165) is 17.4 Å². The number of hydrogen-bond donors (Lipinski definition) is 1. The van der Waals surface area contributed by atoms with Crippen molar-refractivity contribution in [3.8, 4) is 0 Å². The Kier molecular flexibility index (Phi) is 3.93. The summed E-state index contributed by atoms with van der Waals surface area (Å²) in [5.74, 6) is 1.71. The highest BCUT2D eigenvalue weighted by molar-refractivity contribution is 5.35. The second-order valence-corrected chi connectivity index (χ2v) is 4.34. The first-order chi connectivity index (χ1) is 6.58. The van der Waals surface area contributed by atoms with Crippen molar-refractivity contribution in [3.05, 3.63) is 23.9 Å². The van der Waals surface area contributed by atoms with E-state index in [2.05, 4.69) is 31.1 Å². The van der Waals surface area contributed by atoms with Crippen LogP contribution in [0.4, 0.5) is 5.82 Å². The average Bonchev–Trinajstić information content (AvgIpc) is 2.01. The zero-order valence-corrected chi connectivity index (χ0v) is 9.54. The fraction of sp³-hybridized carbons (Fsp3) is 0.583. The predicted molar refractivity (Wildman–Crippen MR) is 61.5 cm³/mol. The number of pyridine rings is 1. The normalized spacial score (nSPS) is 12.9. The van der Waals surface area contributed by atoms with Crippen LogP contribution in [0, 0.1) is 12.8 Å². The van der Waals surface area contributed by atoms with Crippen LogP contribution in [0.25, 0.3) is 0 Å². The van der Waals surface area contributed by atoms with E-state index in [1.165, 1.54) is 6.42 Å². The predicted octanol–water partition coefficient (Wildman–Crippen LogP) is 3.24. The highest BCUT2D eigenvalue weighted by atomic mass is 15.0. The van der Waals surface area contributed by atoms with Gasteiger partial charge in [0.15, 0.2) is 0 Å². The van der Waals surface area contributed by atoms with Crippen molar-refractivity contribution in [3.63, 3.8) is 0 Å². The molecule has 1 N–H and O–H groups in total. The average molecular weight is 192 g/mol. The summed E-state index contributed by atoms with van der Waals surface area (Å²) in [7, 11) is 0. The van der Waals surface area contributed by atoms with Gasteiger partial charge in [0.25, 0.3) is 0 Å². The van der Waals surface area contributed by atoms with E-state index in [-0.39, 0.29) is 0 Å². The van der Waals surface area contributed by atoms with Crippen LogP contribution in [0.3, 0.4) is 0 Å². The molecular formula is C12H20N2. The minimum Gasteiger partial charge on any atom is -0.368 e. The molecule has 78 valence electrons. The summed E-state index contributed by atoms with van der Waals surface area (Å²) in [6.45, 7) is 8.69. The van der Waals surface area contributed by atoms with Crippen LogP contribution < -0.4 is 5.32 Å². The Morgan fingerprint density at radius 1 is 1.29 bits per heavy atom. The smallest absolute Gasteiger partial charge is 0.126 e. The summed E-state index contributed by atoms with van der Waals surface area (Å²) < 4.78 is 0. The second kappa shape index (κ2) is 4.99. The van der Waals surface area contributed by atoms with E-state index in [4.69, 9.17) is 0 Å². The lowest BCUT2D eigenvalue weighted by Gasteiger charge is -2.16. The van der Waals surface area contributed by atoms with Crippen molar-refractivity contribution in [1.82, 2.24) is 4.98 Å². The maximum Gasteiger partial charge on any atom is 0.126 e. The number of aromatic nitrogens is 1. The van der Waals surface area contributed by atoms with Crippen LogP contribution in [0.15, 0.2) is 18.2 Å². The molecule has 1 aromatic heterocycles. The summed E-state index contributed by atoms with van der Waals surface area (Å²) in [4.78, 5) is 4.41. The molecule has 0 aromatic carbocycles. The third-order valence-electron chi connectivity index (χ3n) is 2.11. The van der Waals surface area contributed by atoms with Crippen molar-refractivity contribution in [2.45, 2.75) is 40.2 Å². The Hall–Kier alpha value is -1.05. The molecule has 2 heteroatoms. The van der Waals surface area contributed by atoms with E-state index < -0.39 is 0 Å². The number of anilines is 1. The molecule has 1 aromatic rings. The summed E-state index contributed by atoms with van der Waals surface area (Å²) in [6, 6.07) is 6.55. The molecule has 0 spiro atoms. The summed E-state index contributed by atoms with van der Waals surface area (Å²) in [5, 5.41) is 3.40. The monoisotopic (exact) mass is 192 g/mol. The number of aryl methyl sites for hydroxylation is 1. The maximum absolute atomic E-state index is 4.41. The summed E-state index contributed by atoms with van der Waals surface area (Å²) in [6.07, 6.45) is 1.18. The van der Waals surface area contributed by atoms with Gasteiger partial charge in [0.05, 0.1) is 0 Å². The number of nitrogens with zero attached hydrogens (tertiary/aromatic N) is 1. The topological polar surface area (TPSA) is 24.9 Å². The molecule has 1 atom stereocenters. The maximum atomic E-state index is 4.41. The van der Waals surface area contributed by atoms with E-state index in [0.29, 0.717) is 6.04 Å². The van der Waals surface area contributed by atoms with E-state index in [1.54, 1.807) is 0 Å². The van der Waals surface area contributed by atoms with Gasteiger partial charge in [-0.2, -0.15) is 0 Å². The zero-order valence-electron chi connectivity index (χ0n) is 9.54. The SMILES string of the molecule is Cc1cccc(NC(C)CC(C)C)n1. The molecule has 0 aliphatic rings. The van der Waals surface area contributed by atoms with Gasteiger partial charge in [-0.1, -0.05) is 19.9 Å². The van der Waals surface area contributed by atoms with Crippen molar-refractivity contribution in [1.29, 1.82) is 0 Å². The summed E-state index contributed by atoms with van der Waals surface area (Å²) in [5.41, 5.74) is 1.06. The fourth-order valence-electron chi connectivity index (χ4n) is 1.64. The summed E-state index contributed by atoms with van der Waals surface area (Å²) >= 11 is 0. The molecule has 0 saturated heterocycles. The largest absolute Gasteiger partial charge is 0.368 e. The molecule has 0 aliphatic carbocycles. The van der Waals surface area contributed by atoms with Crippen molar-refractivity contribution < 1.29 is 0 Å². The number of nitrogens with one attached hydrogen (secondary N) is 1. The number of hydrogen-bond acceptors (Lipinski definition) is 2. The Bertz CT molecular complexity index is 281. The molecule has 14 heavy (non-hydrogen) atoms. The van der Waals surface area contributed by atoms with Crippen LogP contribution >= 0.6 is 0 Å². The van der Waals surface area contributed by atoms with Gasteiger partial charge in [0, 0.05) is 11.7 Å². The Balaban J connectivity index is 2.51. The van der Waals surface area contributed by atoms with Gasteiger partial charge in [-0.05, 0) is 38.3 Å². The third-order valence-corrected chi connectivity index (χ3v) is 2.11. The van der Waals surface area contributed by atoms with E-state index in [1.807, 2.05) is 25.1 Å². The van der Waals surface area contributed by atoms with Crippen LogP contribution in [-0.2, 0) is 0 Å². The fourth-order valence-corrected chi connectivity index (χ4v) is 1.64. The van der Waals surface area contributed by atoms with Gasteiger partial charge in [0.1, 0.15) is 5.82 Å². The Morgan fingerprint density at radius 3 is 2.57 bits per heavy atom. The molecule has 0 amide bonds. The Labute approximate surface area is 86.8 Å². The molecule has 2 nitrogen and oxygen atoms in total. The van der Waals surface area contributed by atoms with Crippen molar-refractivity contribution in [2.24, 2.45) is 5.92 Å². The first-order valence-corrected chi connectivity index (χ1v) is 5.28. The molecule has 0 saturated carbocycles. The van der Waals surface area contributed by atoms with E-state index in [9.17, 15) is 0 Å². The molecular weight excluding hydrogens is 172 g/mol. The van der Waals surface area contributed by atoms with Crippen LogP contribution in [0.5, 0.6) is 0 Å². The second-order valence-electron chi connectivity index (χ2n) is 4.34. The van der Waals surface area contributed by atoms with Crippen molar-refractivity contribution in [2.75, 3.05) is 5.32 Å². The van der Waals surface area contributed by atoms with Crippen LogP contribution in [0.2, 0.25) is 0 Å². The lowest BCUT2D eigenvalue weighted by atomic mass is 10.1. The molecule has 1 rings (SSSR count). The Morgan fingerprint density at radius 2 is 2.00 bits per heavy atom. The van der Waals surface area contributed by atoms with Gasteiger partial charge < -0.3 is 5.32 Å². The molecule has 1 unspecified atom stereocenters. The molecule has 1 heterocycles. The minimum absolute atomic E-state index is 0.490. The van der Waals surface area contributed by atoms with Gasteiger partial charge in [-0.25, -0.2) is 4.98 Å². The third kappa shape index (κ3) is 3.77. The number of rotatable bonds is 4. The first-order valence-electron chi connectivity index (χ1n) is 5.28. The van der Waals surface area contributed by atoms with Crippen LogP contribution in [-0.4, -0.2) is 11.0 Å². The molecule has 0 bridgehead atoms. The van der Waals surface area contributed by atoms with Gasteiger partial charge in [0.2, 0.25) is 0 Å². The molecule has 0 radical (unpaired) electrons. The lowest BCUT2D eigenvalue weighted by molar-refractivity contribution is 0.539.